The van der Waals surface area contributed by atoms with Gasteiger partial charge in [-0.15, -0.1) is 0 Å². The summed E-state index contributed by atoms with van der Waals surface area (Å²) < 4.78 is 0. The lowest BCUT2D eigenvalue weighted by Gasteiger charge is -1.57. The summed E-state index contributed by atoms with van der Waals surface area (Å²) >= 11 is 0. The molecule has 0 unspecified atom stereocenters. The fourth-order valence-electron chi connectivity index (χ4n) is 0.308. The van der Waals surface area contributed by atoms with Crippen LogP contribution in [0.25, 0.3) is 0 Å². The lowest BCUT2D eigenvalue weighted by Crippen LogP contribution is -1.74. The lowest BCUT2D eigenvalue weighted by molar-refractivity contribution is -0.108. The van der Waals surface area contributed by atoms with Gasteiger partial charge in [-0.05, 0) is 0 Å². The SMILES string of the molecule is N=C1C[C@H]1C=O. The molecule has 32 valence electrons. The third-order valence-electron chi connectivity index (χ3n) is 0.892. The van der Waals surface area contributed by atoms with Gasteiger partial charge < -0.3 is 10.2 Å². The maximum absolute atomic E-state index is 9.64. The van der Waals surface area contributed by atoms with E-state index in [1.165, 1.54) is 0 Å². The average molecular weight is 83.1 g/mol. The van der Waals surface area contributed by atoms with Gasteiger partial charge >= 0.3 is 0 Å². The standard InChI is InChI=1S/C4H5NO/c5-4-1-3(4)2-6/h2-3,5H,1H2/t3-/m0/s1. The van der Waals surface area contributed by atoms with Crippen LogP contribution in [0.2, 0.25) is 0 Å². The second-order valence-electron chi connectivity index (χ2n) is 1.47. The van der Waals surface area contributed by atoms with Crippen molar-refractivity contribution in [1.82, 2.24) is 0 Å². The van der Waals surface area contributed by atoms with Crippen molar-refractivity contribution < 1.29 is 4.79 Å². The summed E-state index contributed by atoms with van der Waals surface area (Å²) in [5, 5.41) is 6.74. The van der Waals surface area contributed by atoms with Gasteiger partial charge in [-0.2, -0.15) is 0 Å². The Morgan fingerprint density at radius 1 is 2.00 bits per heavy atom. The number of aldehydes is 1. The molecule has 1 N–H and O–H groups in total. The highest BCUT2D eigenvalue weighted by atomic mass is 16.1. The third-order valence-corrected chi connectivity index (χ3v) is 0.892. The van der Waals surface area contributed by atoms with Gasteiger partial charge in [-0.1, -0.05) is 0 Å². The van der Waals surface area contributed by atoms with Crippen molar-refractivity contribution in [3.05, 3.63) is 0 Å². The lowest BCUT2D eigenvalue weighted by atomic mass is 10.5. The summed E-state index contributed by atoms with van der Waals surface area (Å²) in [6, 6.07) is 0. The van der Waals surface area contributed by atoms with Crippen molar-refractivity contribution in [3.8, 4) is 0 Å². The number of hydrogen-bond acceptors (Lipinski definition) is 2. The molecule has 1 aliphatic rings. The summed E-state index contributed by atoms with van der Waals surface area (Å²) in [6.07, 6.45) is 1.53. The maximum atomic E-state index is 9.64. The molecule has 0 aromatic heterocycles. The van der Waals surface area contributed by atoms with Crippen LogP contribution >= 0.6 is 0 Å². The first-order valence-electron chi connectivity index (χ1n) is 1.87. The first-order chi connectivity index (χ1) is 2.84. The first kappa shape index (κ1) is 3.53. The zero-order valence-corrected chi connectivity index (χ0v) is 3.27. The van der Waals surface area contributed by atoms with E-state index < -0.39 is 0 Å². The topological polar surface area (TPSA) is 40.9 Å². The van der Waals surface area contributed by atoms with Crippen molar-refractivity contribution in [1.29, 1.82) is 5.41 Å². The Hall–Kier alpha value is -0.660. The zero-order chi connectivity index (χ0) is 4.57. The number of nitrogens with one attached hydrogen (secondary N) is 1. The molecule has 1 rings (SSSR count). The second-order valence-corrected chi connectivity index (χ2v) is 1.47. The molecular weight excluding hydrogens is 78.0 g/mol. The third kappa shape index (κ3) is 0.339. The number of rotatable bonds is 1. The van der Waals surface area contributed by atoms with Crippen LogP contribution in [-0.2, 0) is 4.79 Å². The Morgan fingerprint density at radius 3 is 2.50 bits per heavy atom. The molecule has 0 heterocycles. The van der Waals surface area contributed by atoms with Crippen LogP contribution in [0.3, 0.4) is 0 Å². The van der Waals surface area contributed by atoms with Gasteiger partial charge in [0.15, 0.2) is 0 Å². The minimum atomic E-state index is 0.00463. The van der Waals surface area contributed by atoms with Gasteiger partial charge in [0.25, 0.3) is 0 Å². The number of carbonyl (C=O) groups excluding carboxylic acids is 1. The highest BCUT2D eigenvalue weighted by Crippen LogP contribution is 2.20. The normalized spacial score (nSPS) is 30.0. The number of hydrogen-bond donors (Lipinski definition) is 1. The largest absolute Gasteiger partial charge is 0.309 e. The molecule has 1 fully saturated rings. The molecule has 2 heteroatoms. The Labute approximate surface area is 35.7 Å². The van der Waals surface area contributed by atoms with Crippen molar-refractivity contribution >= 4 is 12.0 Å². The first-order valence-corrected chi connectivity index (χ1v) is 1.87. The highest BCUT2D eigenvalue weighted by Gasteiger charge is 2.28. The Bertz CT molecular complexity index is 97.7. The molecule has 1 aliphatic carbocycles. The quantitative estimate of drug-likeness (QED) is 0.453. The van der Waals surface area contributed by atoms with E-state index in [1.54, 1.807) is 0 Å². The molecule has 0 radical (unpaired) electrons. The van der Waals surface area contributed by atoms with Crippen molar-refractivity contribution in [3.63, 3.8) is 0 Å². The fraction of sp³-hybridized carbons (Fsp3) is 0.500. The Morgan fingerprint density at radius 2 is 2.50 bits per heavy atom. The predicted molar refractivity (Wildman–Crippen MR) is 21.9 cm³/mol. The van der Waals surface area contributed by atoms with E-state index in [1.807, 2.05) is 0 Å². The van der Waals surface area contributed by atoms with Crippen LogP contribution in [0.4, 0.5) is 0 Å². The molecule has 0 bridgehead atoms. The molecular formula is C4H5NO. The molecule has 1 saturated carbocycles. The minimum absolute atomic E-state index is 0.00463. The molecule has 1 atom stereocenters. The highest BCUT2D eigenvalue weighted by molar-refractivity contribution is 6.09. The average Bonchev–Trinajstić information content (AvgIpc) is 2.19. The van der Waals surface area contributed by atoms with Gasteiger partial charge in [0.05, 0.1) is 5.92 Å². The van der Waals surface area contributed by atoms with Gasteiger partial charge in [0, 0.05) is 12.1 Å². The second kappa shape index (κ2) is 0.899. The summed E-state index contributed by atoms with van der Waals surface area (Å²) in [6.45, 7) is 0. The minimum Gasteiger partial charge on any atom is -0.309 e. The van der Waals surface area contributed by atoms with E-state index in [2.05, 4.69) is 0 Å². The maximum Gasteiger partial charge on any atom is 0.129 e. The Balaban J connectivity index is 2.44. The van der Waals surface area contributed by atoms with Crippen molar-refractivity contribution in [2.45, 2.75) is 6.42 Å². The van der Waals surface area contributed by atoms with E-state index in [0.29, 0.717) is 12.1 Å². The van der Waals surface area contributed by atoms with E-state index >= 15 is 0 Å². The van der Waals surface area contributed by atoms with Gasteiger partial charge in [-0.25, -0.2) is 0 Å². The van der Waals surface area contributed by atoms with E-state index in [-0.39, 0.29) is 5.92 Å². The van der Waals surface area contributed by atoms with E-state index in [4.69, 9.17) is 5.41 Å². The van der Waals surface area contributed by atoms with Gasteiger partial charge in [0.2, 0.25) is 0 Å². The van der Waals surface area contributed by atoms with Crippen LogP contribution in [0.1, 0.15) is 6.42 Å². The number of carbonyl (C=O) groups is 1. The molecule has 0 saturated heterocycles. The summed E-state index contributed by atoms with van der Waals surface area (Å²) in [4.78, 5) is 9.64. The molecule has 0 aliphatic heterocycles. The molecule has 0 aromatic rings. The van der Waals surface area contributed by atoms with Crippen LogP contribution in [0.5, 0.6) is 0 Å². The van der Waals surface area contributed by atoms with E-state index in [9.17, 15) is 4.79 Å². The van der Waals surface area contributed by atoms with Crippen LogP contribution in [-0.4, -0.2) is 12.0 Å². The van der Waals surface area contributed by atoms with Crippen molar-refractivity contribution in [2.75, 3.05) is 0 Å². The van der Waals surface area contributed by atoms with Gasteiger partial charge in [0.1, 0.15) is 6.29 Å². The predicted octanol–water partition coefficient (Wildman–Crippen LogP) is 0.225. The zero-order valence-electron chi connectivity index (χ0n) is 3.27. The van der Waals surface area contributed by atoms with Gasteiger partial charge in [-0.3, -0.25) is 0 Å². The molecule has 2 nitrogen and oxygen atoms in total. The molecule has 6 heavy (non-hydrogen) atoms. The summed E-state index contributed by atoms with van der Waals surface area (Å²) in [5.41, 5.74) is 0.588. The van der Waals surface area contributed by atoms with Crippen LogP contribution in [0.15, 0.2) is 0 Å². The van der Waals surface area contributed by atoms with E-state index in [0.717, 1.165) is 6.29 Å². The monoisotopic (exact) mass is 83.0 g/mol. The molecule has 0 aromatic carbocycles. The molecule has 0 amide bonds. The van der Waals surface area contributed by atoms with Crippen LogP contribution < -0.4 is 0 Å². The smallest absolute Gasteiger partial charge is 0.129 e. The summed E-state index contributed by atoms with van der Waals surface area (Å²) in [7, 11) is 0. The van der Waals surface area contributed by atoms with Crippen molar-refractivity contribution in [2.24, 2.45) is 5.92 Å². The molecule has 0 spiro atoms. The van der Waals surface area contributed by atoms with Crippen LogP contribution in [0, 0.1) is 11.3 Å². The Kier molecular flexibility index (Phi) is 0.528. The summed E-state index contributed by atoms with van der Waals surface area (Å²) in [5.74, 6) is 0.00463. The fourth-order valence-corrected chi connectivity index (χ4v) is 0.308.